The van der Waals surface area contributed by atoms with Crippen LogP contribution in [0.2, 0.25) is 0 Å². The third-order valence-corrected chi connectivity index (χ3v) is 6.72. The summed E-state index contributed by atoms with van der Waals surface area (Å²) in [5.41, 5.74) is 8.53. The van der Waals surface area contributed by atoms with Gasteiger partial charge in [-0.2, -0.15) is 0 Å². The predicted molar refractivity (Wildman–Crippen MR) is 125 cm³/mol. The lowest BCUT2D eigenvalue weighted by atomic mass is 9.70. The quantitative estimate of drug-likeness (QED) is 0.369. The number of hydrogen-bond donors (Lipinski definition) is 1. The first kappa shape index (κ1) is 22.6. The maximum atomic E-state index is 10.8. The lowest BCUT2D eigenvalue weighted by Crippen LogP contribution is -2.25. The summed E-state index contributed by atoms with van der Waals surface area (Å²) >= 11 is 0. The zero-order valence-corrected chi connectivity index (χ0v) is 18.7. The highest BCUT2D eigenvalue weighted by Crippen LogP contribution is 2.54. The molecule has 0 atom stereocenters. The number of carboxylic acid groups (broad SMARTS) is 1. The maximum Gasteiger partial charge on any atom is 0.303 e. The Kier molecular flexibility index (Phi) is 7.75. The second kappa shape index (κ2) is 10.3. The summed E-state index contributed by atoms with van der Waals surface area (Å²) in [5.74, 6) is -0.684. The standard InChI is InChI=1S/C28H36O2/c1-4-5-6-10-17-28(18-11-8-7-9-12-27(29)30)25-19-21(2)13-15-23(25)24-16-14-22(3)20-26(24)28/h1,13-16,19-20H,4-12,17-18H2,2-3H3,(H,29,30). The molecule has 2 heteroatoms. The van der Waals surface area contributed by atoms with E-state index in [1.54, 1.807) is 0 Å². The molecule has 2 aromatic rings. The van der Waals surface area contributed by atoms with E-state index in [9.17, 15) is 4.79 Å². The molecule has 3 rings (SSSR count). The van der Waals surface area contributed by atoms with Crippen molar-refractivity contribution in [1.82, 2.24) is 0 Å². The van der Waals surface area contributed by atoms with E-state index in [4.69, 9.17) is 12.0 Å². The van der Waals surface area contributed by atoms with Crippen LogP contribution < -0.4 is 0 Å². The summed E-state index contributed by atoms with van der Waals surface area (Å²) in [6.45, 7) is 10.1. The zero-order valence-electron chi connectivity index (χ0n) is 18.7. The van der Waals surface area contributed by atoms with Crippen LogP contribution in [0.5, 0.6) is 0 Å². The average Bonchev–Trinajstić information content (AvgIpc) is 2.96. The Balaban J connectivity index is 1.89. The highest BCUT2D eigenvalue weighted by atomic mass is 16.4. The minimum absolute atomic E-state index is 0.0735. The number of carbonyl (C=O) groups is 1. The average molecular weight is 405 g/mol. The van der Waals surface area contributed by atoms with Crippen molar-refractivity contribution in [2.45, 2.75) is 89.9 Å². The van der Waals surface area contributed by atoms with Gasteiger partial charge in [0.05, 0.1) is 0 Å². The van der Waals surface area contributed by atoms with Crippen molar-refractivity contribution in [3.05, 3.63) is 65.6 Å². The van der Waals surface area contributed by atoms with E-state index in [1.165, 1.54) is 46.2 Å². The molecule has 0 saturated carbocycles. The molecule has 0 aromatic heterocycles. The molecule has 0 unspecified atom stereocenters. The molecule has 2 aromatic carbocycles. The summed E-state index contributed by atoms with van der Waals surface area (Å²) in [6.07, 6.45) is 10.8. The fraction of sp³-hybridized carbons (Fsp3) is 0.500. The predicted octanol–water partition coefficient (Wildman–Crippen LogP) is 7.66. The Hall–Kier alpha value is -2.09. The van der Waals surface area contributed by atoms with Crippen LogP contribution in [0.25, 0.3) is 11.1 Å². The number of unbranched alkanes of at least 4 members (excludes halogenated alkanes) is 6. The number of aliphatic carboxylic acids is 1. The Bertz CT molecular complexity index is 813. The van der Waals surface area contributed by atoms with Crippen LogP contribution in [0, 0.1) is 20.8 Å². The van der Waals surface area contributed by atoms with Crippen molar-refractivity contribution in [3.63, 3.8) is 0 Å². The molecule has 160 valence electrons. The summed E-state index contributed by atoms with van der Waals surface area (Å²) in [6, 6.07) is 13.9. The molecule has 1 aliphatic carbocycles. The van der Waals surface area contributed by atoms with Crippen molar-refractivity contribution < 1.29 is 9.90 Å². The van der Waals surface area contributed by atoms with Crippen molar-refractivity contribution in [1.29, 1.82) is 0 Å². The van der Waals surface area contributed by atoms with Gasteiger partial charge in [-0.25, -0.2) is 0 Å². The van der Waals surface area contributed by atoms with Gasteiger partial charge in [0, 0.05) is 11.8 Å². The van der Waals surface area contributed by atoms with Crippen molar-refractivity contribution in [3.8, 4) is 11.1 Å². The molecule has 2 radical (unpaired) electrons. The fourth-order valence-electron chi connectivity index (χ4n) is 5.19. The zero-order chi connectivity index (χ0) is 21.6. The number of aryl methyl sites for hydroxylation is 2. The molecule has 0 aliphatic heterocycles. The number of carboxylic acids is 1. The maximum absolute atomic E-state index is 10.8. The van der Waals surface area contributed by atoms with Gasteiger partial charge >= 0.3 is 5.97 Å². The van der Waals surface area contributed by atoms with Crippen LogP contribution in [0.4, 0.5) is 0 Å². The summed E-state index contributed by atoms with van der Waals surface area (Å²) in [5, 5.41) is 8.89. The Morgan fingerprint density at radius 1 is 0.800 bits per heavy atom. The smallest absolute Gasteiger partial charge is 0.303 e. The topological polar surface area (TPSA) is 37.3 Å². The van der Waals surface area contributed by atoms with Crippen LogP contribution >= 0.6 is 0 Å². The molecule has 30 heavy (non-hydrogen) atoms. The Labute approximate surface area is 182 Å². The normalized spacial score (nSPS) is 13.8. The second-order valence-electron chi connectivity index (χ2n) is 9.09. The highest BCUT2D eigenvalue weighted by molar-refractivity contribution is 5.81. The molecule has 0 bridgehead atoms. The minimum Gasteiger partial charge on any atom is -0.481 e. The minimum atomic E-state index is -0.684. The monoisotopic (exact) mass is 404 g/mol. The van der Waals surface area contributed by atoms with Crippen molar-refractivity contribution >= 4 is 5.97 Å². The SMILES string of the molecule is [CH]CCCCCC1(CCCCCCC(=O)O)c2cc(C)ccc2-c2ccc(C)cc21. The van der Waals surface area contributed by atoms with Gasteiger partial charge in [0.1, 0.15) is 0 Å². The largest absolute Gasteiger partial charge is 0.481 e. The van der Waals surface area contributed by atoms with Gasteiger partial charge in [0.15, 0.2) is 0 Å². The first-order chi connectivity index (χ1) is 14.5. The number of rotatable bonds is 12. The third-order valence-electron chi connectivity index (χ3n) is 6.72. The Morgan fingerprint density at radius 3 is 1.80 bits per heavy atom. The van der Waals surface area contributed by atoms with Crippen LogP contribution in [0.3, 0.4) is 0 Å². The molecule has 0 saturated heterocycles. The van der Waals surface area contributed by atoms with Crippen LogP contribution in [0.1, 0.15) is 92.9 Å². The van der Waals surface area contributed by atoms with Gasteiger partial charge in [-0.3, -0.25) is 4.79 Å². The number of fused-ring (bicyclic) bond motifs is 3. The van der Waals surface area contributed by atoms with Gasteiger partial charge < -0.3 is 5.11 Å². The molecule has 0 amide bonds. The van der Waals surface area contributed by atoms with Crippen LogP contribution in [-0.2, 0) is 10.2 Å². The molecule has 2 nitrogen and oxygen atoms in total. The van der Waals surface area contributed by atoms with Gasteiger partial charge in [-0.05, 0) is 68.7 Å². The molecule has 1 aliphatic rings. The highest BCUT2D eigenvalue weighted by Gasteiger charge is 2.42. The van der Waals surface area contributed by atoms with E-state index in [0.717, 1.165) is 51.4 Å². The lowest BCUT2D eigenvalue weighted by Gasteiger charge is -2.33. The van der Waals surface area contributed by atoms with E-state index >= 15 is 0 Å². The second-order valence-corrected chi connectivity index (χ2v) is 9.09. The molecular formula is C28H36O2. The number of hydrogen-bond acceptors (Lipinski definition) is 1. The summed E-state index contributed by atoms with van der Waals surface area (Å²) in [7, 11) is 0. The fourth-order valence-corrected chi connectivity index (χ4v) is 5.19. The lowest BCUT2D eigenvalue weighted by molar-refractivity contribution is -0.137. The summed E-state index contributed by atoms with van der Waals surface area (Å²) in [4.78, 5) is 10.8. The first-order valence-electron chi connectivity index (χ1n) is 11.6. The Morgan fingerprint density at radius 2 is 1.30 bits per heavy atom. The van der Waals surface area contributed by atoms with E-state index in [1.807, 2.05) is 0 Å². The summed E-state index contributed by atoms with van der Waals surface area (Å²) < 4.78 is 0. The molecule has 1 N–H and O–H groups in total. The van der Waals surface area contributed by atoms with E-state index in [-0.39, 0.29) is 11.8 Å². The van der Waals surface area contributed by atoms with Gasteiger partial charge in [-0.15, -0.1) is 0 Å². The van der Waals surface area contributed by atoms with E-state index in [0.29, 0.717) is 0 Å². The van der Waals surface area contributed by atoms with Gasteiger partial charge in [0.2, 0.25) is 0 Å². The third kappa shape index (κ3) is 4.96. The first-order valence-corrected chi connectivity index (χ1v) is 11.6. The molecular weight excluding hydrogens is 368 g/mol. The molecule has 0 fully saturated rings. The van der Waals surface area contributed by atoms with Crippen molar-refractivity contribution in [2.75, 3.05) is 0 Å². The van der Waals surface area contributed by atoms with Crippen LogP contribution in [-0.4, -0.2) is 11.1 Å². The van der Waals surface area contributed by atoms with Gasteiger partial charge in [0.25, 0.3) is 0 Å². The van der Waals surface area contributed by atoms with Gasteiger partial charge in [-0.1, -0.05) is 86.1 Å². The molecule has 0 heterocycles. The van der Waals surface area contributed by atoms with E-state index in [2.05, 4.69) is 50.2 Å². The number of benzene rings is 2. The molecule has 0 spiro atoms. The van der Waals surface area contributed by atoms with E-state index < -0.39 is 5.97 Å². The van der Waals surface area contributed by atoms with Crippen molar-refractivity contribution in [2.24, 2.45) is 0 Å². The van der Waals surface area contributed by atoms with Crippen LogP contribution in [0.15, 0.2) is 36.4 Å².